The Balaban J connectivity index is 1.71. The van der Waals surface area contributed by atoms with Crippen LogP contribution in [0.25, 0.3) is 22.4 Å². The fourth-order valence-electron chi connectivity index (χ4n) is 3.50. The van der Waals surface area contributed by atoms with Crippen LogP contribution in [0.15, 0.2) is 53.4 Å². The lowest BCUT2D eigenvalue weighted by atomic mass is 10.2. The SMILES string of the molecule is COC[C@H]1CCCN1S(=O)(=O)c1ccc2nc(-c3ccccc3)[nH]c2c1. The first-order valence-electron chi connectivity index (χ1n) is 8.65. The summed E-state index contributed by atoms with van der Waals surface area (Å²) in [6.07, 6.45) is 1.69. The Morgan fingerprint density at radius 1 is 1.23 bits per heavy atom. The van der Waals surface area contributed by atoms with E-state index >= 15 is 0 Å². The van der Waals surface area contributed by atoms with Crippen molar-refractivity contribution in [2.24, 2.45) is 0 Å². The molecule has 0 aliphatic carbocycles. The molecule has 1 N–H and O–H groups in total. The van der Waals surface area contributed by atoms with E-state index in [1.165, 1.54) is 0 Å². The summed E-state index contributed by atoms with van der Waals surface area (Å²) in [6.45, 7) is 0.955. The summed E-state index contributed by atoms with van der Waals surface area (Å²) in [5.74, 6) is 0.730. The number of fused-ring (bicyclic) bond motifs is 1. The minimum absolute atomic E-state index is 0.0951. The van der Waals surface area contributed by atoms with Crippen LogP contribution in [0.4, 0.5) is 0 Å². The van der Waals surface area contributed by atoms with Crippen molar-refractivity contribution >= 4 is 21.1 Å². The van der Waals surface area contributed by atoms with Crippen LogP contribution in [0.5, 0.6) is 0 Å². The summed E-state index contributed by atoms with van der Waals surface area (Å²) in [5.41, 5.74) is 2.43. The first-order valence-corrected chi connectivity index (χ1v) is 10.1. The number of ether oxygens (including phenoxy) is 1. The third-order valence-electron chi connectivity index (χ3n) is 4.79. The lowest BCUT2D eigenvalue weighted by molar-refractivity contribution is 0.149. The van der Waals surface area contributed by atoms with Crippen molar-refractivity contribution in [1.82, 2.24) is 14.3 Å². The van der Waals surface area contributed by atoms with Crippen molar-refractivity contribution in [3.63, 3.8) is 0 Å². The Labute approximate surface area is 152 Å². The van der Waals surface area contributed by atoms with Gasteiger partial charge < -0.3 is 9.72 Å². The van der Waals surface area contributed by atoms with Crippen molar-refractivity contribution in [2.45, 2.75) is 23.8 Å². The molecular formula is C19H21N3O3S. The Bertz CT molecular complexity index is 1010. The molecule has 0 saturated carbocycles. The summed E-state index contributed by atoms with van der Waals surface area (Å²) >= 11 is 0. The number of rotatable bonds is 5. The number of hydrogen-bond acceptors (Lipinski definition) is 4. The number of sulfonamides is 1. The molecule has 136 valence electrons. The largest absolute Gasteiger partial charge is 0.383 e. The molecule has 0 unspecified atom stereocenters. The number of benzene rings is 2. The first kappa shape index (κ1) is 17.2. The Kier molecular flexibility index (Phi) is 4.52. The Morgan fingerprint density at radius 2 is 2.04 bits per heavy atom. The fraction of sp³-hybridized carbons (Fsp3) is 0.316. The van der Waals surface area contributed by atoms with Gasteiger partial charge in [-0.05, 0) is 31.0 Å². The maximum atomic E-state index is 13.1. The second kappa shape index (κ2) is 6.83. The lowest BCUT2D eigenvalue weighted by Gasteiger charge is -2.23. The van der Waals surface area contributed by atoms with Gasteiger partial charge in [-0.25, -0.2) is 13.4 Å². The van der Waals surface area contributed by atoms with Gasteiger partial charge in [0, 0.05) is 25.3 Å². The van der Waals surface area contributed by atoms with Gasteiger partial charge in [0.05, 0.1) is 22.5 Å². The molecule has 0 spiro atoms. The molecule has 3 aromatic rings. The highest BCUT2D eigenvalue weighted by Crippen LogP contribution is 2.28. The van der Waals surface area contributed by atoms with E-state index in [0.29, 0.717) is 18.7 Å². The molecule has 7 heteroatoms. The number of aromatic nitrogens is 2. The molecule has 0 amide bonds. The molecule has 1 saturated heterocycles. The monoisotopic (exact) mass is 371 g/mol. The molecule has 0 radical (unpaired) electrons. The van der Waals surface area contributed by atoms with Gasteiger partial charge in [0.1, 0.15) is 5.82 Å². The van der Waals surface area contributed by atoms with Gasteiger partial charge in [0.15, 0.2) is 0 Å². The lowest BCUT2D eigenvalue weighted by Crippen LogP contribution is -2.38. The number of H-pyrrole nitrogens is 1. The minimum Gasteiger partial charge on any atom is -0.383 e. The third kappa shape index (κ3) is 3.02. The van der Waals surface area contributed by atoms with Crippen LogP contribution >= 0.6 is 0 Å². The highest BCUT2D eigenvalue weighted by Gasteiger charge is 2.35. The Morgan fingerprint density at radius 3 is 2.81 bits per heavy atom. The second-order valence-electron chi connectivity index (χ2n) is 6.50. The zero-order valence-corrected chi connectivity index (χ0v) is 15.4. The normalized spacial score (nSPS) is 18.6. The summed E-state index contributed by atoms with van der Waals surface area (Å²) in [5, 5.41) is 0. The van der Waals surface area contributed by atoms with Gasteiger partial charge in [-0.15, -0.1) is 0 Å². The Hall–Kier alpha value is -2.22. The molecule has 1 aliphatic heterocycles. The van der Waals surface area contributed by atoms with Gasteiger partial charge in [-0.1, -0.05) is 30.3 Å². The van der Waals surface area contributed by atoms with Crippen LogP contribution in [-0.2, 0) is 14.8 Å². The quantitative estimate of drug-likeness (QED) is 0.748. The van der Waals surface area contributed by atoms with E-state index in [1.807, 2.05) is 30.3 Å². The average molecular weight is 371 g/mol. The number of imidazole rings is 1. The van der Waals surface area contributed by atoms with Gasteiger partial charge in [-0.3, -0.25) is 0 Å². The van der Waals surface area contributed by atoms with Crippen molar-refractivity contribution in [1.29, 1.82) is 0 Å². The van der Waals surface area contributed by atoms with Crippen LogP contribution in [0, 0.1) is 0 Å². The van der Waals surface area contributed by atoms with E-state index in [2.05, 4.69) is 9.97 Å². The van der Waals surface area contributed by atoms with Crippen LogP contribution in [0.1, 0.15) is 12.8 Å². The highest BCUT2D eigenvalue weighted by atomic mass is 32.2. The molecule has 1 aromatic heterocycles. The molecule has 1 fully saturated rings. The first-order chi connectivity index (χ1) is 12.6. The molecule has 2 heterocycles. The number of nitrogens with zero attached hydrogens (tertiary/aromatic N) is 2. The maximum Gasteiger partial charge on any atom is 0.243 e. The van der Waals surface area contributed by atoms with Crippen molar-refractivity contribution in [3.8, 4) is 11.4 Å². The average Bonchev–Trinajstić information content (AvgIpc) is 3.29. The van der Waals surface area contributed by atoms with Crippen LogP contribution < -0.4 is 0 Å². The van der Waals surface area contributed by atoms with Crippen molar-refractivity contribution in [3.05, 3.63) is 48.5 Å². The maximum absolute atomic E-state index is 13.1. The van der Waals surface area contributed by atoms with Gasteiger partial charge >= 0.3 is 0 Å². The molecule has 1 aliphatic rings. The number of nitrogens with one attached hydrogen (secondary N) is 1. The summed E-state index contributed by atoms with van der Waals surface area (Å²) in [4.78, 5) is 8.08. The van der Waals surface area contributed by atoms with Crippen LogP contribution in [0.3, 0.4) is 0 Å². The molecule has 0 bridgehead atoms. The predicted octanol–water partition coefficient (Wildman–Crippen LogP) is 3.03. The van der Waals surface area contributed by atoms with E-state index in [4.69, 9.17) is 4.74 Å². The molecule has 1 atom stereocenters. The zero-order valence-electron chi connectivity index (χ0n) is 14.6. The van der Waals surface area contributed by atoms with Gasteiger partial charge in [-0.2, -0.15) is 4.31 Å². The number of hydrogen-bond donors (Lipinski definition) is 1. The van der Waals surface area contributed by atoms with E-state index < -0.39 is 10.0 Å². The van der Waals surface area contributed by atoms with Crippen LogP contribution in [-0.4, -0.2) is 49.0 Å². The summed E-state index contributed by atoms with van der Waals surface area (Å²) < 4.78 is 32.9. The van der Waals surface area contributed by atoms with E-state index in [9.17, 15) is 8.42 Å². The third-order valence-corrected chi connectivity index (χ3v) is 6.74. The van der Waals surface area contributed by atoms with Gasteiger partial charge in [0.25, 0.3) is 0 Å². The van der Waals surface area contributed by atoms with Gasteiger partial charge in [0.2, 0.25) is 10.0 Å². The summed E-state index contributed by atoms with van der Waals surface area (Å²) in [7, 11) is -1.95. The van der Waals surface area contributed by atoms with E-state index in [-0.39, 0.29) is 10.9 Å². The topological polar surface area (TPSA) is 75.3 Å². The van der Waals surface area contributed by atoms with Crippen molar-refractivity contribution < 1.29 is 13.2 Å². The molecule has 6 nitrogen and oxygen atoms in total. The predicted molar refractivity (Wildman–Crippen MR) is 100 cm³/mol. The molecule has 4 rings (SSSR count). The summed E-state index contributed by atoms with van der Waals surface area (Å²) in [6, 6.07) is 14.7. The van der Waals surface area contributed by atoms with Crippen LogP contribution in [0.2, 0.25) is 0 Å². The standard InChI is InChI=1S/C19H21N3O3S/c1-25-13-15-8-5-11-22(15)26(23,24)16-9-10-17-18(12-16)21-19(20-17)14-6-3-2-4-7-14/h2-4,6-7,9-10,12,15H,5,8,11,13H2,1H3,(H,20,21)/t15-/m1/s1. The van der Waals surface area contributed by atoms with E-state index in [1.54, 1.807) is 29.6 Å². The number of methoxy groups -OCH3 is 1. The van der Waals surface area contributed by atoms with E-state index in [0.717, 1.165) is 29.7 Å². The number of aromatic amines is 1. The molecule has 26 heavy (non-hydrogen) atoms. The fourth-order valence-corrected chi connectivity index (χ4v) is 5.21. The second-order valence-corrected chi connectivity index (χ2v) is 8.39. The molecular weight excluding hydrogens is 350 g/mol. The highest BCUT2D eigenvalue weighted by molar-refractivity contribution is 7.89. The molecule has 2 aromatic carbocycles. The minimum atomic E-state index is -3.55. The zero-order chi connectivity index (χ0) is 18.1. The smallest absolute Gasteiger partial charge is 0.243 e. The van der Waals surface area contributed by atoms with Crippen molar-refractivity contribution in [2.75, 3.05) is 20.3 Å².